The number of ketones is 1. The fourth-order valence-corrected chi connectivity index (χ4v) is 3.93. The van der Waals surface area contributed by atoms with E-state index in [4.69, 9.17) is 11.6 Å². The van der Waals surface area contributed by atoms with Crippen LogP contribution in [0.15, 0.2) is 72.3 Å². The lowest BCUT2D eigenvalue weighted by atomic mass is 9.95. The van der Waals surface area contributed by atoms with Crippen LogP contribution in [0.25, 0.3) is 5.76 Å². The Bertz CT molecular complexity index is 1240. The number of Topliss-reactive ketones (excluding diaryl/α,β-unsaturated/α-hetero) is 1. The third-order valence-corrected chi connectivity index (χ3v) is 5.72. The van der Waals surface area contributed by atoms with Gasteiger partial charge in [0.05, 0.1) is 16.6 Å². The number of amides is 1. The minimum atomic E-state index is -0.945. The monoisotopic (exact) mass is 451 g/mol. The molecule has 162 valence electrons. The largest absolute Gasteiger partial charge is 0.507 e. The van der Waals surface area contributed by atoms with E-state index in [9.17, 15) is 24.2 Å². The van der Waals surface area contributed by atoms with Gasteiger partial charge in [-0.05, 0) is 42.3 Å². The van der Waals surface area contributed by atoms with Crippen LogP contribution in [0.4, 0.5) is 4.39 Å². The second kappa shape index (κ2) is 8.48. The molecular formula is C25H19ClFNO4. The van der Waals surface area contributed by atoms with Crippen molar-refractivity contribution in [2.24, 2.45) is 0 Å². The van der Waals surface area contributed by atoms with Crippen molar-refractivity contribution in [2.45, 2.75) is 19.5 Å². The number of nitrogens with zero attached hydrogens (tertiary/aromatic N) is 1. The quantitative estimate of drug-likeness (QED) is 0.328. The SMILES string of the molecule is Cc1ccc(/C(O)=C2/C(=O)C(=O)N(Cc3ccc(F)cc3)C2c2ccc(O)c(Cl)c2)cc1. The molecule has 0 bridgehead atoms. The maximum atomic E-state index is 13.3. The summed E-state index contributed by atoms with van der Waals surface area (Å²) >= 11 is 6.09. The molecule has 2 N–H and O–H groups in total. The molecule has 0 saturated carbocycles. The summed E-state index contributed by atoms with van der Waals surface area (Å²) in [6.45, 7) is 1.91. The van der Waals surface area contributed by atoms with Gasteiger partial charge >= 0.3 is 0 Å². The number of carbonyl (C=O) groups excluding carboxylic acids is 2. The highest BCUT2D eigenvalue weighted by Gasteiger charge is 2.46. The van der Waals surface area contributed by atoms with Gasteiger partial charge in [0.1, 0.15) is 17.3 Å². The lowest BCUT2D eigenvalue weighted by Gasteiger charge is -2.25. The highest BCUT2D eigenvalue weighted by Crippen LogP contribution is 2.41. The first-order valence-electron chi connectivity index (χ1n) is 9.84. The fraction of sp³-hybridized carbons (Fsp3) is 0.120. The number of aromatic hydroxyl groups is 1. The Hall–Kier alpha value is -3.64. The number of rotatable bonds is 4. The Kier molecular flexibility index (Phi) is 5.72. The zero-order valence-corrected chi connectivity index (χ0v) is 17.8. The van der Waals surface area contributed by atoms with Gasteiger partial charge in [0.2, 0.25) is 0 Å². The fourth-order valence-electron chi connectivity index (χ4n) is 3.74. The summed E-state index contributed by atoms with van der Waals surface area (Å²) in [6.07, 6.45) is 0. The number of halogens is 2. The third kappa shape index (κ3) is 3.97. The van der Waals surface area contributed by atoms with Gasteiger partial charge in [-0.1, -0.05) is 59.6 Å². The van der Waals surface area contributed by atoms with Crippen LogP contribution in [0.3, 0.4) is 0 Å². The second-order valence-corrected chi connectivity index (χ2v) is 8.04. The van der Waals surface area contributed by atoms with Crippen LogP contribution in [-0.2, 0) is 16.1 Å². The normalized spacial score (nSPS) is 17.7. The number of aliphatic hydroxyl groups excluding tert-OH is 1. The van der Waals surface area contributed by atoms with Gasteiger partial charge in [0, 0.05) is 12.1 Å². The molecule has 32 heavy (non-hydrogen) atoms. The number of carbonyl (C=O) groups is 2. The van der Waals surface area contributed by atoms with Gasteiger partial charge in [-0.2, -0.15) is 0 Å². The summed E-state index contributed by atoms with van der Waals surface area (Å²) < 4.78 is 13.3. The maximum absolute atomic E-state index is 13.3. The molecule has 0 radical (unpaired) electrons. The Morgan fingerprint density at radius 3 is 2.31 bits per heavy atom. The molecule has 5 nitrogen and oxygen atoms in total. The van der Waals surface area contributed by atoms with E-state index in [1.807, 2.05) is 6.92 Å². The molecular weight excluding hydrogens is 433 g/mol. The number of phenolic OH excluding ortho intramolecular Hbond substituents is 1. The first kappa shape index (κ1) is 21.6. The summed E-state index contributed by atoms with van der Waals surface area (Å²) in [5, 5.41) is 20.9. The molecule has 0 aromatic heterocycles. The number of aliphatic hydroxyl groups is 1. The smallest absolute Gasteiger partial charge is 0.295 e. The van der Waals surface area contributed by atoms with Crippen LogP contribution < -0.4 is 0 Å². The van der Waals surface area contributed by atoms with Crippen molar-refractivity contribution in [3.63, 3.8) is 0 Å². The summed E-state index contributed by atoms with van der Waals surface area (Å²) in [7, 11) is 0. The molecule has 3 aromatic rings. The Morgan fingerprint density at radius 2 is 1.69 bits per heavy atom. The van der Waals surface area contributed by atoms with Crippen molar-refractivity contribution in [3.05, 3.63) is 105 Å². The predicted molar refractivity (Wildman–Crippen MR) is 119 cm³/mol. The lowest BCUT2D eigenvalue weighted by molar-refractivity contribution is -0.140. The number of phenols is 1. The van der Waals surface area contributed by atoms with Gasteiger partial charge in [0.25, 0.3) is 11.7 Å². The minimum Gasteiger partial charge on any atom is -0.507 e. The molecule has 1 aliphatic rings. The molecule has 1 amide bonds. The molecule has 3 aromatic carbocycles. The molecule has 1 aliphatic heterocycles. The molecule has 7 heteroatoms. The number of benzene rings is 3. The van der Waals surface area contributed by atoms with E-state index in [1.165, 1.54) is 47.4 Å². The van der Waals surface area contributed by atoms with Crippen LogP contribution in [-0.4, -0.2) is 26.8 Å². The van der Waals surface area contributed by atoms with Gasteiger partial charge in [-0.3, -0.25) is 9.59 Å². The summed E-state index contributed by atoms with van der Waals surface area (Å²) in [4.78, 5) is 27.3. The van der Waals surface area contributed by atoms with Crippen molar-refractivity contribution < 1.29 is 24.2 Å². The molecule has 1 unspecified atom stereocenters. The molecule has 4 rings (SSSR count). The second-order valence-electron chi connectivity index (χ2n) is 7.63. The molecule has 1 fully saturated rings. The van der Waals surface area contributed by atoms with E-state index in [2.05, 4.69) is 0 Å². The van der Waals surface area contributed by atoms with E-state index < -0.39 is 23.5 Å². The van der Waals surface area contributed by atoms with Crippen LogP contribution in [0, 0.1) is 12.7 Å². The molecule has 1 atom stereocenters. The van der Waals surface area contributed by atoms with Crippen LogP contribution >= 0.6 is 11.6 Å². The minimum absolute atomic E-state index is 0.0126. The van der Waals surface area contributed by atoms with Crippen molar-refractivity contribution in [1.29, 1.82) is 0 Å². The van der Waals surface area contributed by atoms with E-state index in [-0.39, 0.29) is 28.6 Å². The Balaban J connectivity index is 1.87. The predicted octanol–water partition coefficient (Wildman–Crippen LogP) is 5.12. The van der Waals surface area contributed by atoms with E-state index in [0.29, 0.717) is 16.7 Å². The number of hydrogen-bond acceptors (Lipinski definition) is 4. The molecule has 0 spiro atoms. The number of likely N-dealkylation sites (tertiary alicyclic amines) is 1. The highest BCUT2D eigenvalue weighted by molar-refractivity contribution is 6.46. The Morgan fingerprint density at radius 1 is 1.03 bits per heavy atom. The zero-order chi connectivity index (χ0) is 23.0. The van der Waals surface area contributed by atoms with E-state index in [1.54, 1.807) is 24.3 Å². The topological polar surface area (TPSA) is 77.8 Å². The first-order valence-corrected chi connectivity index (χ1v) is 10.2. The lowest BCUT2D eigenvalue weighted by Crippen LogP contribution is -2.29. The Labute approximate surface area is 189 Å². The zero-order valence-electron chi connectivity index (χ0n) is 17.0. The average molecular weight is 452 g/mol. The van der Waals surface area contributed by atoms with E-state index >= 15 is 0 Å². The average Bonchev–Trinajstić information content (AvgIpc) is 3.02. The standard InChI is InChI=1S/C25H19ClFNO4/c1-14-2-6-16(7-3-14)23(30)21-22(17-8-11-20(29)19(26)12-17)28(25(32)24(21)31)13-15-4-9-18(27)10-5-15/h2-12,22,29-30H,13H2,1H3/b23-21-. The highest BCUT2D eigenvalue weighted by atomic mass is 35.5. The van der Waals surface area contributed by atoms with Gasteiger partial charge in [-0.15, -0.1) is 0 Å². The van der Waals surface area contributed by atoms with Crippen molar-refractivity contribution >= 4 is 29.1 Å². The maximum Gasteiger partial charge on any atom is 0.295 e. The third-order valence-electron chi connectivity index (χ3n) is 5.42. The first-order chi connectivity index (χ1) is 15.3. The summed E-state index contributed by atoms with van der Waals surface area (Å²) in [5.74, 6) is -2.50. The summed E-state index contributed by atoms with van der Waals surface area (Å²) in [6, 6.07) is 15.9. The van der Waals surface area contributed by atoms with Crippen LogP contribution in [0.5, 0.6) is 5.75 Å². The van der Waals surface area contributed by atoms with Crippen molar-refractivity contribution in [3.8, 4) is 5.75 Å². The van der Waals surface area contributed by atoms with Crippen LogP contribution in [0.1, 0.15) is 28.3 Å². The summed E-state index contributed by atoms with van der Waals surface area (Å²) in [5.41, 5.74) is 2.34. The number of aryl methyl sites for hydroxylation is 1. The van der Waals surface area contributed by atoms with Gasteiger partial charge in [0.15, 0.2) is 0 Å². The van der Waals surface area contributed by atoms with E-state index in [0.717, 1.165) is 5.56 Å². The van der Waals surface area contributed by atoms with Crippen LogP contribution in [0.2, 0.25) is 5.02 Å². The van der Waals surface area contributed by atoms with Crippen molar-refractivity contribution in [1.82, 2.24) is 4.90 Å². The molecule has 1 saturated heterocycles. The molecule has 0 aliphatic carbocycles. The van der Waals surface area contributed by atoms with Gasteiger partial charge < -0.3 is 15.1 Å². The molecule has 1 heterocycles. The van der Waals surface area contributed by atoms with Crippen molar-refractivity contribution in [2.75, 3.05) is 0 Å². The van der Waals surface area contributed by atoms with Gasteiger partial charge in [-0.25, -0.2) is 4.39 Å². The number of hydrogen-bond donors (Lipinski definition) is 2.